The second-order valence-electron chi connectivity index (χ2n) is 22.4. The number of benzene rings is 2. The number of unbranched alkanes of at least 4 members (excludes halogenated alkanes) is 1. The Morgan fingerprint density at radius 1 is 0.976 bits per heavy atom. The molecule has 0 spiro atoms. The number of allylic oxidation sites excluding steroid dienone is 4. The second kappa shape index (κ2) is 24.7. The first-order valence-corrected chi connectivity index (χ1v) is 28.2. The molecule has 9 rings (SSSR count). The maximum atomic E-state index is 14.1. The number of nitrogens with one attached hydrogen (secondary N) is 4. The van der Waals surface area contributed by atoms with E-state index in [9.17, 15) is 64.2 Å². The number of anilines is 2. The summed E-state index contributed by atoms with van der Waals surface area (Å²) in [4.78, 5) is 94.7. The summed E-state index contributed by atoms with van der Waals surface area (Å²) in [5, 5.41) is 74.5. The van der Waals surface area contributed by atoms with Crippen LogP contribution in [0.5, 0.6) is 5.75 Å². The lowest BCUT2D eigenvalue weighted by atomic mass is 9.46. The molecule has 2 saturated heterocycles. The third-order valence-electron chi connectivity index (χ3n) is 17.2. The predicted molar refractivity (Wildman–Crippen MR) is 290 cm³/mol. The molecule has 3 saturated carbocycles. The molecule has 3 heterocycles. The molecule has 2 aliphatic heterocycles. The van der Waals surface area contributed by atoms with Crippen LogP contribution in [0.25, 0.3) is 0 Å². The number of aromatic nitrogens is 1. The number of ether oxygens (including phenoxy) is 5. The van der Waals surface area contributed by atoms with E-state index in [0.717, 1.165) is 17.6 Å². The standard InChI is InChI=1S/C57H70N6O18S/c1-28(65)61-36(9-4-5-17-58)50(73)59-18-15-43(69)63-37-20-30(10-13-39(37)78-53-48(72)46(70)47(71)49(80-53)51(74)75)27-77-54(76)62-32-8-6-7-29(19-32)21-44-60-25-40(82-44)52-79-42-23-35-34-12-11-31-22-33(66)14-16-55(31,2)45(34)38(67)24-56(35,3)57(42,81-52)41(68)26-64/h6-8,10,13-14,16,19-20,22,25,34-36,38,42,45-49,52-53,64,67,70-72H,4-5,9,11-12,15,17-18,21,23-24,26-27,58H2,1-3H3,(H,59,73)(H,61,65)(H,62,76)(H,63,69)(H,74,75)/t34-,35-,36-,38-,42+,45+,46-,47-,48+,49-,52-,53+,55-,56-,57+/m0/s1. The normalized spacial score (nSPS) is 31.9. The van der Waals surface area contributed by atoms with Crippen molar-refractivity contribution >= 4 is 64.1 Å². The monoisotopic (exact) mass is 1160 g/mol. The minimum Gasteiger partial charge on any atom is -0.479 e. The number of carbonyl (C=O) groups is 7. The highest BCUT2D eigenvalue weighted by atomic mass is 32.1. The molecule has 0 radical (unpaired) electrons. The first kappa shape index (κ1) is 60.1. The fourth-order valence-corrected chi connectivity index (χ4v) is 14.3. The number of thiazole rings is 1. The molecule has 442 valence electrons. The van der Waals surface area contributed by atoms with Gasteiger partial charge in [-0.05, 0) is 111 Å². The number of aliphatic hydroxyl groups excluding tert-OH is 5. The molecule has 4 aliphatic carbocycles. The predicted octanol–water partition coefficient (Wildman–Crippen LogP) is 2.43. The average molecular weight is 1160 g/mol. The second-order valence-corrected chi connectivity index (χ2v) is 23.5. The Morgan fingerprint density at radius 3 is 2.51 bits per heavy atom. The third-order valence-corrected chi connectivity index (χ3v) is 18.2. The number of carboxylic acid groups (broad SMARTS) is 1. The highest BCUT2D eigenvalue weighted by Gasteiger charge is 2.76. The van der Waals surface area contributed by atoms with Gasteiger partial charge in [-0.2, -0.15) is 0 Å². The Balaban J connectivity index is 0.828. The van der Waals surface area contributed by atoms with Gasteiger partial charge in [-0.3, -0.25) is 29.3 Å². The van der Waals surface area contributed by atoms with Crippen LogP contribution in [0.1, 0.15) is 99.4 Å². The third kappa shape index (κ3) is 12.0. The largest absolute Gasteiger partial charge is 0.479 e. The fraction of sp³-hybridized carbons (Fsp3) is 0.544. The molecule has 82 heavy (non-hydrogen) atoms. The van der Waals surface area contributed by atoms with Crippen molar-refractivity contribution in [3.05, 3.63) is 93.5 Å². The van der Waals surface area contributed by atoms with Gasteiger partial charge in [0.25, 0.3) is 0 Å². The van der Waals surface area contributed by atoms with E-state index in [2.05, 4.69) is 33.2 Å². The number of nitrogens with zero attached hydrogens (tertiary/aromatic N) is 1. The quantitative estimate of drug-likeness (QED) is 0.0682. The lowest BCUT2D eigenvalue weighted by Gasteiger charge is -2.59. The summed E-state index contributed by atoms with van der Waals surface area (Å²) < 4.78 is 30.0. The molecule has 0 unspecified atom stereocenters. The molecular formula is C57H70N6O18S. The van der Waals surface area contributed by atoms with Gasteiger partial charge in [0.05, 0.1) is 27.8 Å². The molecule has 4 amide bonds. The highest BCUT2D eigenvalue weighted by Crippen LogP contribution is 2.70. The molecule has 0 bridgehead atoms. The van der Waals surface area contributed by atoms with E-state index < -0.39 is 114 Å². The zero-order chi connectivity index (χ0) is 58.8. The molecule has 1 aromatic heterocycles. The van der Waals surface area contributed by atoms with Crippen molar-refractivity contribution < 1.29 is 87.9 Å². The van der Waals surface area contributed by atoms with Crippen LogP contribution < -0.4 is 31.7 Å². The number of hydrogen-bond acceptors (Lipinski definition) is 20. The van der Waals surface area contributed by atoms with Crippen molar-refractivity contribution in [2.75, 3.05) is 30.3 Å². The fourth-order valence-electron chi connectivity index (χ4n) is 13.3. The number of aliphatic carboxylic acids is 1. The van der Waals surface area contributed by atoms with Gasteiger partial charge in [0.2, 0.25) is 24.0 Å². The summed E-state index contributed by atoms with van der Waals surface area (Å²) in [6.45, 7) is 4.46. The number of fused-ring (bicyclic) bond motifs is 7. The van der Waals surface area contributed by atoms with Gasteiger partial charge in [-0.15, -0.1) is 11.3 Å². The lowest BCUT2D eigenvalue weighted by Crippen LogP contribution is -2.63. The molecule has 2 aromatic carbocycles. The smallest absolute Gasteiger partial charge is 0.411 e. The summed E-state index contributed by atoms with van der Waals surface area (Å²) in [7, 11) is 0. The SMILES string of the molecule is CC(=O)N[C@@H](CCCCN)C(=O)NCCC(=O)Nc1cc(COC(=O)Nc2cccc(Cc3ncc([C@H]4O[C@@H]5C[C@H]6[C@@H]7CCC8=CC(=O)C=C[C@]8(C)[C@H]7[C@@H](O)C[C@]6(C)[C@]5(C(=O)CO)O4)s3)c2)ccc1O[C@@H]1O[C@H](C(=O)O)[C@@H](O)[C@H](O)[C@H]1O. The zero-order valence-corrected chi connectivity index (χ0v) is 46.3. The summed E-state index contributed by atoms with van der Waals surface area (Å²) in [6.07, 6.45) is -2.51. The Labute approximate surface area is 475 Å². The van der Waals surface area contributed by atoms with E-state index in [-0.39, 0.29) is 61.0 Å². The van der Waals surface area contributed by atoms with Crippen LogP contribution in [-0.4, -0.2) is 151 Å². The number of amides is 4. The number of carbonyl (C=O) groups excluding carboxylic acids is 6. The topological polar surface area (TPSA) is 374 Å². The Morgan fingerprint density at radius 2 is 1.77 bits per heavy atom. The summed E-state index contributed by atoms with van der Waals surface area (Å²) in [5.41, 5.74) is 5.07. The molecule has 25 heteroatoms. The van der Waals surface area contributed by atoms with E-state index in [4.69, 9.17) is 29.4 Å². The van der Waals surface area contributed by atoms with Gasteiger partial charge in [-0.1, -0.05) is 43.7 Å². The average Bonchev–Trinajstić information content (AvgIpc) is 1.73. The number of carboxylic acids is 1. The lowest BCUT2D eigenvalue weighted by molar-refractivity contribution is -0.271. The number of Topliss-reactive ketones (excluding diaryl/α,β-unsaturated/α-hetero) is 1. The van der Waals surface area contributed by atoms with E-state index in [1.54, 1.807) is 36.5 Å². The number of aliphatic hydroxyl groups is 5. The maximum absolute atomic E-state index is 14.1. The molecule has 6 aliphatic rings. The maximum Gasteiger partial charge on any atom is 0.411 e. The van der Waals surface area contributed by atoms with Crippen LogP contribution in [0.3, 0.4) is 0 Å². The van der Waals surface area contributed by atoms with Crippen molar-refractivity contribution in [2.45, 2.75) is 146 Å². The first-order chi connectivity index (χ1) is 39.1. The number of rotatable bonds is 21. The molecule has 24 nitrogen and oxygen atoms in total. The van der Waals surface area contributed by atoms with Crippen LogP contribution >= 0.6 is 11.3 Å². The molecule has 12 N–H and O–H groups in total. The van der Waals surface area contributed by atoms with Crippen molar-refractivity contribution in [1.82, 2.24) is 15.6 Å². The number of hydrogen-bond donors (Lipinski definition) is 11. The number of nitrogens with two attached hydrogens (primary N) is 1. The Kier molecular flexibility index (Phi) is 18.1. The number of ketones is 2. The van der Waals surface area contributed by atoms with Crippen molar-refractivity contribution in [3.8, 4) is 5.75 Å². The van der Waals surface area contributed by atoms with Crippen molar-refractivity contribution in [2.24, 2.45) is 34.3 Å². The van der Waals surface area contributed by atoms with Gasteiger partial charge in [0.1, 0.15) is 43.3 Å². The van der Waals surface area contributed by atoms with Crippen LogP contribution in [0, 0.1) is 28.6 Å². The first-order valence-electron chi connectivity index (χ1n) is 27.4. The van der Waals surface area contributed by atoms with Crippen molar-refractivity contribution in [1.29, 1.82) is 0 Å². The molecule has 5 fully saturated rings. The van der Waals surface area contributed by atoms with Crippen LogP contribution in [0.2, 0.25) is 0 Å². The summed E-state index contributed by atoms with van der Waals surface area (Å²) in [5.74, 6) is -4.20. The van der Waals surface area contributed by atoms with Gasteiger partial charge in [-0.25, -0.2) is 14.6 Å². The molecule has 3 aromatic rings. The molecule has 15 atom stereocenters. The van der Waals surface area contributed by atoms with Crippen LogP contribution in [-0.2, 0) is 60.7 Å². The van der Waals surface area contributed by atoms with Gasteiger partial charge in [0, 0.05) is 54.9 Å². The Bertz CT molecular complexity index is 3010. The van der Waals surface area contributed by atoms with E-state index in [1.807, 2.05) is 19.1 Å². The van der Waals surface area contributed by atoms with Crippen molar-refractivity contribution in [3.63, 3.8) is 0 Å². The summed E-state index contributed by atoms with van der Waals surface area (Å²) in [6, 6.07) is 10.2. The van der Waals surface area contributed by atoms with Gasteiger partial charge >= 0.3 is 12.1 Å². The minimum absolute atomic E-state index is 0.00819. The summed E-state index contributed by atoms with van der Waals surface area (Å²) >= 11 is 1.32. The minimum atomic E-state index is -2.00. The Hall–Kier alpha value is -6.52. The van der Waals surface area contributed by atoms with Crippen LogP contribution in [0.4, 0.5) is 16.2 Å². The van der Waals surface area contributed by atoms with E-state index in [1.165, 1.54) is 36.5 Å². The van der Waals surface area contributed by atoms with Crippen LogP contribution in [0.15, 0.2) is 72.5 Å². The van der Waals surface area contributed by atoms with Gasteiger partial charge in [0.15, 0.2) is 29.6 Å². The zero-order valence-electron chi connectivity index (χ0n) is 45.5. The van der Waals surface area contributed by atoms with Gasteiger partial charge < -0.3 is 76.0 Å². The van der Waals surface area contributed by atoms with E-state index >= 15 is 0 Å². The van der Waals surface area contributed by atoms with E-state index in [0.29, 0.717) is 66.2 Å². The highest BCUT2D eigenvalue weighted by molar-refractivity contribution is 7.11. The molecular weight excluding hydrogens is 1090 g/mol.